The largest absolute Gasteiger partial charge is 0.493 e. The van der Waals surface area contributed by atoms with E-state index in [4.69, 9.17) is 14.2 Å². The number of methoxy groups -OCH3 is 3. The van der Waals surface area contributed by atoms with Crippen LogP contribution in [-0.4, -0.2) is 35.9 Å². The van der Waals surface area contributed by atoms with Crippen molar-refractivity contribution in [1.82, 2.24) is 14.6 Å². The Morgan fingerprint density at radius 2 is 1.63 bits per heavy atom. The van der Waals surface area contributed by atoms with Crippen LogP contribution in [0.1, 0.15) is 5.56 Å². The fraction of sp³-hybridized carbons (Fsp3) is 0.143. The Bertz CT molecular complexity index is 1370. The molecule has 2 aromatic carbocycles. The fourth-order valence-electron chi connectivity index (χ4n) is 3.02. The first-order valence-electron chi connectivity index (χ1n) is 8.86. The highest BCUT2D eigenvalue weighted by atomic mass is 32.1. The first-order valence-corrected chi connectivity index (χ1v) is 9.68. The predicted molar refractivity (Wildman–Crippen MR) is 114 cm³/mol. The van der Waals surface area contributed by atoms with E-state index in [1.54, 1.807) is 42.5 Å². The Kier molecular flexibility index (Phi) is 5.20. The van der Waals surface area contributed by atoms with E-state index in [9.17, 15) is 9.59 Å². The molecule has 0 aliphatic heterocycles. The van der Waals surface area contributed by atoms with Crippen LogP contribution in [0.2, 0.25) is 0 Å². The lowest BCUT2D eigenvalue weighted by Crippen LogP contribution is -2.26. The van der Waals surface area contributed by atoms with Gasteiger partial charge in [-0.25, -0.2) is 0 Å². The van der Waals surface area contributed by atoms with Gasteiger partial charge in [0.2, 0.25) is 10.7 Å². The van der Waals surface area contributed by atoms with Crippen LogP contribution in [0, 0.1) is 0 Å². The van der Waals surface area contributed by atoms with Crippen molar-refractivity contribution in [2.24, 2.45) is 0 Å². The molecular weight excluding hydrogens is 406 g/mol. The number of nitrogens with zero attached hydrogens (tertiary/aromatic N) is 3. The second-order valence-corrected chi connectivity index (χ2v) is 7.21. The molecule has 0 saturated heterocycles. The van der Waals surface area contributed by atoms with Crippen LogP contribution in [0.15, 0.2) is 52.1 Å². The van der Waals surface area contributed by atoms with Crippen LogP contribution in [0.3, 0.4) is 0 Å². The van der Waals surface area contributed by atoms with Crippen molar-refractivity contribution < 1.29 is 14.2 Å². The summed E-state index contributed by atoms with van der Waals surface area (Å²) in [4.78, 5) is 29.6. The van der Waals surface area contributed by atoms with Crippen molar-refractivity contribution in [2.75, 3.05) is 21.3 Å². The van der Waals surface area contributed by atoms with E-state index in [0.717, 1.165) is 15.9 Å². The third-order valence-electron chi connectivity index (χ3n) is 4.42. The molecule has 0 fully saturated rings. The first kappa shape index (κ1) is 19.6. The van der Waals surface area contributed by atoms with Gasteiger partial charge >= 0.3 is 5.56 Å². The molecule has 0 saturated carbocycles. The molecule has 0 bridgehead atoms. The summed E-state index contributed by atoms with van der Waals surface area (Å²) in [5.41, 5.74) is 0.544. The van der Waals surface area contributed by atoms with Gasteiger partial charge in [-0.1, -0.05) is 41.7 Å². The van der Waals surface area contributed by atoms with Gasteiger partial charge in [-0.05, 0) is 23.8 Å². The third-order valence-corrected chi connectivity index (χ3v) is 5.38. The van der Waals surface area contributed by atoms with E-state index in [2.05, 4.69) is 10.1 Å². The van der Waals surface area contributed by atoms with Gasteiger partial charge in [0.1, 0.15) is 0 Å². The quantitative estimate of drug-likeness (QED) is 0.483. The molecule has 2 aromatic heterocycles. The highest BCUT2D eigenvalue weighted by Crippen LogP contribution is 2.38. The number of hydrogen-bond donors (Lipinski definition) is 0. The summed E-state index contributed by atoms with van der Waals surface area (Å²) < 4.78 is 17.6. The summed E-state index contributed by atoms with van der Waals surface area (Å²) in [6, 6.07) is 12.4. The Labute approximate surface area is 174 Å². The Morgan fingerprint density at radius 1 is 0.967 bits per heavy atom. The van der Waals surface area contributed by atoms with Crippen molar-refractivity contribution in [3.05, 3.63) is 73.3 Å². The standard InChI is InChI=1S/C21H17N3O5S/c1-27-14-9-12(10-15(28-2)18(14)29-3)11-16-20(26)24-21(30-16)22-19(25)17(23-24)13-7-5-4-6-8-13/h4-11H,1-3H3/b16-11+. The lowest BCUT2D eigenvalue weighted by molar-refractivity contribution is 0.324. The number of thiazole rings is 1. The molecule has 30 heavy (non-hydrogen) atoms. The van der Waals surface area contributed by atoms with E-state index in [1.807, 2.05) is 6.07 Å². The Hall–Kier alpha value is -3.72. The van der Waals surface area contributed by atoms with E-state index < -0.39 is 5.56 Å². The third kappa shape index (κ3) is 3.39. The Balaban J connectivity index is 1.90. The summed E-state index contributed by atoms with van der Waals surface area (Å²) in [6.45, 7) is 0. The SMILES string of the molecule is COc1cc(/C=c2/sc3nc(=O)c(-c4ccccc4)nn3c2=O)cc(OC)c1OC. The molecule has 0 N–H and O–H groups in total. The Morgan fingerprint density at radius 3 is 2.23 bits per heavy atom. The van der Waals surface area contributed by atoms with Crippen LogP contribution >= 0.6 is 11.3 Å². The molecule has 2 heterocycles. The number of ether oxygens (including phenoxy) is 3. The molecule has 4 aromatic rings. The highest BCUT2D eigenvalue weighted by molar-refractivity contribution is 7.15. The van der Waals surface area contributed by atoms with Crippen LogP contribution < -0.4 is 29.9 Å². The van der Waals surface area contributed by atoms with E-state index >= 15 is 0 Å². The van der Waals surface area contributed by atoms with Crippen LogP contribution in [0.5, 0.6) is 17.2 Å². The number of hydrogen-bond acceptors (Lipinski definition) is 8. The second-order valence-electron chi connectivity index (χ2n) is 6.20. The minimum atomic E-state index is -0.484. The average Bonchev–Trinajstić information content (AvgIpc) is 3.07. The molecule has 4 rings (SSSR count). The maximum absolute atomic E-state index is 12.9. The zero-order valence-electron chi connectivity index (χ0n) is 16.4. The topological polar surface area (TPSA) is 92.0 Å². The van der Waals surface area contributed by atoms with Gasteiger partial charge in [-0.3, -0.25) is 9.59 Å². The van der Waals surface area contributed by atoms with Gasteiger partial charge < -0.3 is 14.2 Å². The molecule has 0 unspecified atom stereocenters. The molecule has 0 amide bonds. The van der Waals surface area contributed by atoms with E-state index in [-0.39, 0.29) is 16.2 Å². The maximum atomic E-state index is 12.9. The van der Waals surface area contributed by atoms with Crippen LogP contribution in [-0.2, 0) is 0 Å². The number of aromatic nitrogens is 3. The van der Waals surface area contributed by atoms with E-state index in [0.29, 0.717) is 32.9 Å². The number of rotatable bonds is 5. The molecular formula is C21H17N3O5S. The molecule has 0 aliphatic rings. The zero-order chi connectivity index (χ0) is 21.3. The van der Waals surface area contributed by atoms with Crippen molar-refractivity contribution in [2.45, 2.75) is 0 Å². The molecule has 0 atom stereocenters. The fourth-order valence-corrected chi connectivity index (χ4v) is 3.93. The van der Waals surface area contributed by atoms with Crippen molar-refractivity contribution in [1.29, 1.82) is 0 Å². The normalized spacial score (nSPS) is 11.6. The smallest absolute Gasteiger partial charge is 0.300 e. The van der Waals surface area contributed by atoms with Gasteiger partial charge in [0.15, 0.2) is 17.2 Å². The molecule has 152 valence electrons. The lowest BCUT2D eigenvalue weighted by Gasteiger charge is -2.12. The molecule has 9 heteroatoms. The van der Waals surface area contributed by atoms with Crippen molar-refractivity contribution in [3.8, 4) is 28.5 Å². The van der Waals surface area contributed by atoms with Crippen molar-refractivity contribution in [3.63, 3.8) is 0 Å². The van der Waals surface area contributed by atoms with Gasteiger partial charge in [-0.2, -0.15) is 14.6 Å². The molecule has 0 radical (unpaired) electrons. The number of fused-ring (bicyclic) bond motifs is 1. The average molecular weight is 423 g/mol. The summed E-state index contributed by atoms with van der Waals surface area (Å²) in [5.74, 6) is 1.39. The minimum Gasteiger partial charge on any atom is -0.493 e. The van der Waals surface area contributed by atoms with Gasteiger partial charge in [-0.15, -0.1) is 0 Å². The summed E-state index contributed by atoms with van der Waals surface area (Å²) >= 11 is 1.08. The summed E-state index contributed by atoms with van der Waals surface area (Å²) in [7, 11) is 4.55. The lowest BCUT2D eigenvalue weighted by atomic mass is 10.1. The minimum absolute atomic E-state index is 0.127. The van der Waals surface area contributed by atoms with Crippen LogP contribution in [0.4, 0.5) is 0 Å². The highest BCUT2D eigenvalue weighted by Gasteiger charge is 2.15. The summed E-state index contributed by atoms with van der Waals surface area (Å²) in [5, 5.41) is 4.25. The van der Waals surface area contributed by atoms with Gasteiger partial charge in [0.25, 0.3) is 5.56 Å². The second kappa shape index (κ2) is 7.96. The predicted octanol–water partition coefficient (Wildman–Crippen LogP) is 1.75. The maximum Gasteiger partial charge on any atom is 0.300 e. The number of benzene rings is 2. The van der Waals surface area contributed by atoms with Crippen LogP contribution in [0.25, 0.3) is 22.3 Å². The molecule has 0 aliphatic carbocycles. The van der Waals surface area contributed by atoms with Gasteiger partial charge in [0, 0.05) is 5.56 Å². The summed E-state index contributed by atoms with van der Waals surface area (Å²) in [6.07, 6.45) is 1.67. The molecule has 0 spiro atoms. The molecule has 8 nitrogen and oxygen atoms in total. The monoisotopic (exact) mass is 423 g/mol. The first-order chi connectivity index (χ1) is 14.5. The van der Waals surface area contributed by atoms with E-state index in [1.165, 1.54) is 21.3 Å². The van der Waals surface area contributed by atoms with Crippen molar-refractivity contribution >= 4 is 22.4 Å². The zero-order valence-corrected chi connectivity index (χ0v) is 17.2. The van der Waals surface area contributed by atoms with Gasteiger partial charge in [0.05, 0.1) is 25.9 Å².